The molecule has 0 radical (unpaired) electrons. The number of rotatable bonds is 4. The van der Waals surface area contributed by atoms with E-state index < -0.39 is 10.1 Å². The van der Waals surface area contributed by atoms with Crippen molar-refractivity contribution in [2.24, 2.45) is 0 Å². The van der Waals surface area contributed by atoms with Gasteiger partial charge in [-0.25, -0.2) is 0 Å². The third-order valence-corrected chi connectivity index (χ3v) is 5.25. The molecule has 1 heterocycles. The van der Waals surface area contributed by atoms with Crippen molar-refractivity contribution in [2.45, 2.75) is 16.2 Å². The molecule has 2 aromatic rings. The topological polar surface area (TPSA) is 57.6 Å². The van der Waals surface area contributed by atoms with Crippen LogP contribution in [0.2, 0.25) is 0 Å². The molecule has 0 bridgehead atoms. The first kappa shape index (κ1) is 17.8. The second kappa shape index (κ2) is 7.38. The van der Waals surface area contributed by atoms with Crippen molar-refractivity contribution >= 4 is 62.8 Å². The third-order valence-electron chi connectivity index (χ3n) is 3.32. The molecule has 112 valence electrons. The Balaban J connectivity index is 0.00000176. The molecule has 4 nitrogen and oxygen atoms in total. The molecule has 0 fully saturated rings. The molecular formula is C15H16NNaO3S2. The van der Waals surface area contributed by atoms with Crippen molar-refractivity contribution in [3.05, 3.63) is 48.5 Å². The van der Waals surface area contributed by atoms with Gasteiger partial charge in [-0.05, 0) is 30.7 Å². The molecule has 1 aliphatic heterocycles. The summed E-state index contributed by atoms with van der Waals surface area (Å²) in [5.41, 5.74) is 2.16. The molecule has 0 saturated heterocycles. The Morgan fingerprint density at radius 3 is 1.95 bits per heavy atom. The van der Waals surface area contributed by atoms with Gasteiger partial charge < -0.3 is 4.90 Å². The van der Waals surface area contributed by atoms with Crippen LogP contribution < -0.4 is 4.90 Å². The van der Waals surface area contributed by atoms with Gasteiger partial charge in [-0.1, -0.05) is 36.0 Å². The number of hydrogen-bond donors (Lipinski definition) is 1. The van der Waals surface area contributed by atoms with Gasteiger partial charge in [0.05, 0.1) is 17.1 Å². The van der Waals surface area contributed by atoms with E-state index in [9.17, 15) is 8.42 Å². The van der Waals surface area contributed by atoms with Crippen LogP contribution in [0.25, 0.3) is 0 Å². The summed E-state index contributed by atoms with van der Waals surface area (Å²) in [6.07, 6.45) is 0.381. The molecule has 3 rings (SSSR count). The molecule has 0 unspecified atom stereocenters. The third kappa shape index (κ3) is 4.07. The van der Waals surface area contributed by atoms with E-state index in [2.05, 4.69) is 17.0 Å². The van der Waals surface area contributed by atoms with Gasteiger partial charge in [0.15, 0.2) is 0 Å². The molecule has 0 saturated carbocycles. The normalized spacial score (nSPS) is 13.0. The van der Waals surface area contributed by atoms with Gasteiger partial charge in [-0.3, -0.25) is 4.55 Å². The number of nitrogens with zero attached hydrogens (tertiary/aromatic N) is 1. The number of hydrogen-bond acceptors (Lipinski definition) is 4. The van der Waals surface area contributed by atoms with E-state index in [4.69, 9.17) is 4.55 Å². The molecular weight excluding hydrogens is 329 g/mol. The molecule has 2 aromatic carbocycles. The molecule has 0 aromatic heterocycles. The van der Waals surface area contributed by atoms with Crippen LogP contribution >= 0.6 is 11.8 Å². The van der Waals surface area contributed by atoms with E-state index in [1.165, 1.54) is 0 Å². The molecule has 7 heteroatoms. The van der Waals surface area contributed by atoms with E-state index in [0.29, 0.717) is 13.0 Å². The number of benzene rings is 2. The summed E-state index contributed by atoms with van der Waals surface area (Å²) < 4.78 is 30.7. The van der Waals surface area contributed by atoms with Gasteiger partial charge >= 0.3 is 29.6 Å². The number of para-hydroxylation sites is 2. The average molecular weight is 345 g/mol. The van der Waals surface area contributed by atoms with Gasteiger partial charge in [0.25, 0.3) is 10.1 Å². The fourth-order valence-corrected chi connectivity index (χ4v) is 4.02. The Morgan fingerprint density at radius 2 is 1.45 bits per heavy atom. The summed E-state index contributed by atoms with van der Waals surface area (Å²) in [4.78, 5) is 4.43. The predicted octanol–water partition coefficient (Wildman–Crippen LogP) is 2.92. The molecule has 22 heavy (non-hydrogen) atoms. The summed E-state index contributed by atoms with van der Waals surface area (Å²) in [6.45, 7) is 0.550. The molecule has 1 aliphatic rings. The van der Waals surface area contributed by atoms with Gasteiger partial charge in [0.1, 0.15) is 0 Å². The van der Waals surface area contributed by atoms with E-state index in [1.807, 2.05) is 36.4 Å². The number of anilines is 2. The zero-order valence-electron chi connectivity index (χ0n) is 11.3. The van der Waals surface area contributed by atoms with Crippen molar-refractivity contribution in [3.63, 3.8) is 0 Å². The Labute approximate surface area is 157 Å². The van der Waals surface area contributed by atoms with E-state index >= 15 is 0 Å². The summed E-state index contributed by atoms with van der Waals surface area (Å²) in [5.74, 6) is -0.221. The van der Waals surface area contributed by atoms with Crippen molar-refractivity contribution in [1.29, 1.82) is 0 Å². The summed E-state index contributed by atoms with van der Waals surface area (Å²) in [7, 11) is -3.91. The zero-order chi connectivity index (χ0) is 14.9. The van der Waals surface area contributed by atoms with Crippen LogP contribution in [-0.2, 0) is 10.1 Å². The summed E-state index contributed by atoms with van der Waals surface area (Å²) in [6, 6.07) is 16.1. The van der Waals surface area contributed by atoms with Gasteiger partial charge in [0.2, 0.25) is 0 Å². The number of fused-ring (bicyclic) bond motifs is 2. The van der Waals surface area contributed by atoms with Crippen LogP contribution in [0.3, 0.4) is 0 Å². The Morgan fingerprint density at radius 1 is 0.955 bits per heavy atom. The summed E-state index contributed by atoms with van der Waals surface area (Å²) >= 11 is 1.72. The summed E-state index contributed by atoms with van der Waals surface area (Å²) in [5, 5.41) is 0. The zero-order valence-corrected chi connectivity index (χ0v) is 12.9. The standard InChI is InChI=1S/C15H15NO3S2.Na.H/c17-21(18,19)11-5-10-16-12-6-1-3-8-14(12)20-15-9-4-2-7-13(15)16;;/h1-4,6-9H,5,10-11H2,(H,17,18,19);;. The molecule has 0 atom stereocenters. The van der Waals surface area contributed by atoms with E-state index in [0.717, 1.165) is 21.2 Å². The first-order valence-electron chi connectivity index (χ1n) is 6.63. The Bertz CT molecular complexity index is 719. The van der Waals surface area contributed by atoms with Crippen LogP contribution in [0.4, 0.5) is 11.4 Å². The Kier molecular flexibility index (Phi) is 5.99. The van der Waals surface area contributed by atoms with Crippen LogP contribution in [0, 0.1) is 0 Å². The van der Waals surface area contributed by atoms with Crippen LogP contribution in [0.5, 0.6) is 0 Å². The van der Waals surface area contributed by atoms with Gasteiger partial charge in [0, 0.05) is 16.3 Å². The van der Waals surface area contributed by atoms with Crippen molar-refractivity contribution in [2.75, 3.05) is 17.2 Å². The monoisotopic (exact) mass is 345 g/mol. The average Bonchev–Trinajstić information content (AvgIpc) is 2.45. The fourth-order valence-electron chi connectivity index (χ4n) is 2.43. The maximum atomic E-state index is 10.9. The van der Waals surface area contributed by atoms with Crippen LogP contribution in [0.1, 0.15) is 6.42 Å². The predicted molar refractivity (Wildman–Crippen MR) is 92.2 cm³/mol. The first-order valence-corrected chi connectivity index (χ1v) is 9.06. The Hall–Kier alpha value is -0.500. The van der Waals surface area contributed by atoms with Crippen LogP contribution in [0.15, 0.2) is 58.3 Å². The quantitative estimate of drug-likeness (QED) is 0.682. The SMILES string of the molecule is O=S(=O)(O)CCCN1c2ccccc2Sc2ccccc21.[NaH]. The van der Waals surface area contributed by atoms with Gasteiger partial charge in [-0.15, -0.1) is 0 Å². The van der Waals surface area contributed by atoms with Crippen LogP contribution in [-0.4, -0.2) is 54.8 Å². The fraction of sp³-hybridized carbons (Fsp3) is 0.200. The van der Waals surface area contributed by atoms with Crippen molar-refractivity contribution in [3.8, 4) is 0 Å². The van der Waals surface area contributed by atoms with E-state index in [1.54, 1.807) is 11.8 Å². The molecule has 0 spiro atoms. The maximum absolute atomic E-state index is 10.9. The second-order valence-electron chi connectivity index (χ2n) is 4.83. The van der Waals surface area contributed by atoms with Gasteiger partial charge in [-0.2, -0.15) is 8.42 Å². The minimum atomic E-state index is -3.91. The molecule has 1 N–H and O–H groups in total. The van der Waals surface area contributed by atoms with Crippen molar-refractivity contribution in [1.82, 2.24) is 0 Å². The van der Waals surface area contributed by atoms with E-state index in [-0.39, 0.29) is 35.3 Å². The molecule has 0 aliphatic carbocycles. The minimum absolute atomic E-state index is 0. The van der Waals surface area contributed by atoms with Crippen molar-refractivity contribution < 1.29 is 13.0 Å². The molecule has 0 amide bonds. The second-order valence-corrected chi connectivity index (χ2v) is 7.48. The first-order chi connectivity index (χ1) is 10.0.